The lowest BCUT2D eigenvalue weighted by Crippen LogP contribution is -2.38. The molecule has 4 rings (SSSR count). The quantitative estimate of drug-likeness (QED) is 0.612. The molecule has 1 N–H and O–H groups in total. The molecule has 1 heterocycles. The maximum absolute atomic E-state index is 14.0. The van der Waals surface area contributed by atoms with Gasteiger partial charge in [-0.2, -0.15) is 0 Å². The Balaban J connectivity index is 1.69. The topological polar surface area (TPSA) is 60.0 Å². The maximum atomic E-state index is 14.0. The number of benzene rings is 2. The second-order valence-electron chi connectivity index (χ2n) is 8.54. The number of hydrogen-bond donors (Lipinski definition) is 1. The van der Waals surface area contributed by atoms with Crippen LogP contribution in [-0.2, 0) is 14.9 Å². The third-order valence-corrected chi connectivity index (χ3v) is 6.53. The molecule has 1 saturated carbocycles. The summed E-state index contributed by atoms with van der Waals surface area (Å²) in [5.74, 6) is 0.843. The van der Waals surface area contributed by atoms with Crippen LogP contribution in [0.15, 0.2) is 36.4 Å². The number of morpholine rings is 1. The molecule has 178 valence electrons. The molecule has 2 aromatic carbocycles. The van der Waals surface area contributed by atoms with Crippen LogP contribution in [0.4, 0.5) is 15.8 Å². The SMILES string of the molecule is CCOc1cc(N2CCOCC2)c(OCC)cc1NC(=O)C1(c2cccc(F)c2)CCCC1. The third-order valence-electron chi connectivity index (χ3n) is 6.53. The summed E-state index contributed by atoms with van der Waals surface area (Å²) in [6.45, 7) is 7.67. The molecule has 1 aliphatic carbocycles. The van der Waals surface area contributed by atoms with Crippen LogP contribution in [0.2, 0.25) is 0 Å². The minimum atomic E-state index is -0.750. The molecule has 0 spiro atoms. The van der Waals surface area contributed by atoms with E-state index in [1.54, 1.807) is 6.07 Å². The summed E-state index contributed by atoms with van der Waals surface area (Å²) in [6.07, 6.45) is 3.25. The maximum Gasteiger partial charge on any atom is 0.235 e. The number of anilines is 2. The minimum absolute atomic E-state index is 0.131. The van der Waals surface area contributed by atoms with Crippen LogP contribution in [0, 0.1) is 5.82 Å². The smallest absolute Gasteiger partial charge is 0.235 e. The summed E-state index contributed by atoms with van der Waals surface area (Å²) >= 11 is 0. The van der Waals surface area contributed by atoms with Gasteiger partial charge in [-0.3, -0.25) is 4.79 Å². The Morgan fingerprint density at radius 1 is 1.06 bits per heavy atom. The molecule has 1 aliphatic heterocycles. The van der Waals surface area contributed by atoms with Crippen molar-refractivity contribution in [2.45, 2.75) is 44.9 Å². The van der Waals surface area contributed by atoms with Gasteiger partial charge in [-0.25, -0.2) is 4.39 Å². The molecule has 1 saturated heterocycles. The highest BCUT2D eigenvalue weighted by atomic mass is 19.1. The Morgan fingerprint density at radius 3 is 2.42 bits per heavy atom. The monoisotopic (exact) mass is 456 g/mol. The number of rotatable bonds is 8. The zero-order valence-electron chi connectivity index (χ0n) is 19.5. The predicted molar refractivity (Wildman–Crippen MR) is 127 cm³/mol. The van der Waals surface area contributed by atoms with E-state index in [2.05, 4.69) is 10.2 Å². The van der Waals surface area contributed by atoms with E-state index < -0.39 is 5.41 Å². The third kappa shape index (κ3) is 4.93. The largest absolute Gasteiger partial charge is 0.492 e. The first-order chi connectivity index (χ1) is 16.1. The molecular formula is C26H33FN2O4. The van der Waals surface area contributed by atoms with E-state index in [0.717, 1.165) is 37.2 Å². The normalized spacial score (nSPS) is 17.6. The van der Waals surface area contributed by atoms with Crippen molar-refractivity contribution in [2.24, 2.45) is 0 Å². The molecule has 33 heavy (non-hydrogen) atoms. The lowest BCUT2D eigenvalue weighted by molar-refractivity contribution is -0.121. The molecule has 6 nitrogen and oxygen atoms in total. The van der Waals surface area contributed by atoms with Crippen LogP contribution < -0.4 is 19.7 Å². The van der Waals surface area contributed by atoms with Gasteiger partial charge in [-0.15, -0.1) is 0 Å². The summed E-state index contributed by atoms with van der Waals surface area (Å²) in [4.78, 5) is 15.9. The summed E-state index contributed by atoms with van der Waals surface area (Å²) in [5.41, 5.74) is 1.48. The van der Waals surface area contributed by atoms with E-state index >= 15 is 0 Å². The van der Waals surface area contributed by atoms with Crippen molar-refractivity contribution in [3.63, 3.8) is 0 Å². The molecule has 0 unspecified atom stereocenters. The van der Waals surface area contributed by atoms with Crippen LogP contribution in [0.5, 0.6) is 11.5 Å². The highest BCUT2D eigenvalue weighted by Gasteiger charge is 2.43. The number of halogens is 1. The van der Waals surface area contributed by atoms with Crippen molar-refractivity contribution in [3.05, 3.63) is 47.8 Å². The summed E-state index contributed by atoms with van der Waals surface area (Å²) in [5, 5.41) is 3.12. The van der Waals surface area contributed by atoms with Gasteiger partial charge < -0.3 is 24.4 Å². The van der Waals surface area contributed by atoms with Crippen molar-refractivity contribution < 1.29 is 23.4 Å². The van der Waals surface area contributed by atoms with Crippen molar-refractivity contribution in [1.82, 2.24) is 0 Å². The van der Waals surface area contributed by atoms with Crippen LogP contribution in [0.3, 0.4) is 0 Å². The fourth-order valence-electron chi connectivity index (χ4n) is 4.90. The zero-order valence-corrected chi connectivity index (χ0v) is 19.5. The van der Waals surface area contributed by atoms with E-state index in [1.807, 2.05) is 32.0 Å². The molecule has 0 aromatic heterocycles. The standard InChI is InChI=1S/C26H33FN2O4/c1-3-32-23-18-22(29-12-14-31-15-13-29)24(33-4-2)17-21(23)28-25(30)26(10-5-6-11-26)19-8-7-9-20(27)16-19/h7-9,16-18H,3-6,10-15H2,1-2H3,(H,28,30). The Bertz CT molecular complexity index is 969. The average Bonchev–Trinajstić information content (AvgIpc) is 3.33. The number of nitrogens with one attached hydrogen (secondary N) is 1. The summed E-state index contributed by atoms with van der Waals surface area (Å²) < 4.78 is 31.4. The second-order valence-corrected chi connectivity index (χ2v) is 8.54. The number of amides is 1. The van der Waals surface area contributed by atoms with E-state index in [0.29, 0.717) is 56.5 Å². The molecular weight excluding hydrogens is 423 g/mol. The Kier molecular flexibility index (Phi) is 7.38. The zero-order chi connectivity index (χ0) is 23.3. The van der Waals surface area contributed by atoms with Crippen LogP contribution in [-0.4, -0.2) is 45.4 Å². The highest BCUT2D eigenvalue weighted by molar-refractivity contribution is 6.01. The molecule has 0 radical (unpaired) electrons. The minimum Gasteiger partial charge on any atom is -0.492 e. The number of ether oxygens (including phenoxy) is 3. The van der Waals surface area contributed by atoms with Crippen LogP contribution >= 0.6 is 0 Å². The molecule has 2 aromatic rings. The second kappa shape index (κ2) is 10.4. The van der Waals surface area contributed by atoms with Crippen molar-refractivity contribution >= 4 is 17.3 Å². The number of nitrogens with zero attached hydrogens (tertiary/aromatic N) is 1. The van der Waals surface area contributed by atoms with E-state index in [4.69, 9.17) is 14.2 Å². The van der Waals surface area contributed by atoms with Gasteiger partial charge >= 0.3 is 0 Å². The van der Waals surface area contributed by atoms with Gasteiger partial charge in [0.2, 0.25) is 5.91 Å². The Labute approximate surface area is 195 Å². The van der Waals surface area contributed by atoms with Gasteiger partial charge in [0.05, 0.1) is 43.2 Å². The molecule has 1 amide bonds. The summed E-state index contributed by atoms with van der Waals surface area (Å²) in [7, 11) is 0. The Hall–Kier alpha value is -2.80. The van der Waals surface area contributed by atoms with Gasteiger partial charge in [0.1, 0.15) is 17.3 Å². The van der Waals surface area contributed by atoms with Crippen LogP contribution in [0.25, 0.3) is 0 Å². The molecule has 0 atom stereocenters. The number of carbonyl (C=O) groups is 1. The fraction of sp³-hybridized carbons (Fsp3) is 0.500. The lowest BCUT2D eigenvalue weighted by Gasteiger charge is -2.32. The van der Waals surface area contributed by atoms with Gasteiger partial charge in [-0.1, -0.05) is 25.0 Å². The van der Waals surface area contributed by atoms with Gasteiger partial charge in [0.15, 0.2) is 0 Å². The predicted octanol–water partition coefficient (Wildman–Crippen LogP) is 4.91. The van der Waals surface area contributed by atoms with E-state index in [1.165, 1.54) is 12.1 Å². The fourth-order valence-corrected chi connectivity index (χ4v) is 4.90. The lowest BCUT2D eigenvalue weighted by atomic mass is 9.78. The van der Waals surface area contributed by atoms with Crippen molar-refractivity contribution in [1.29, 1.82) is 0 Å². The number of carbonyl (C=O) groups excluding carboxylic acids is 1. The van der Waals surface area contributed by atoms with Crippen LogP contribution in [0.1, 0.15) is 45.1 Å². The summed E-state index contributed by atoms with van der Waals surface area (Å²) in [6, 6.07) is 10.2. The first-order valence-electron chi connectivity index (χ1n) is 11.9. The van der Waals surface area contributed by atoms with Crippen molar-refractivity contribution in [2.75, 3.05) is 49.7 Å². The first-order valence-corrected chi connectivity index (χ1v) is 11.9. The molecule has 7 heteroatoms. The first kappa shape index (κ1) is 23.4. The van der Waals surface area contributed by atoms with Crippen molar-refractivity contribution in [3.8, 4) is 11.5 Å². The number of hydrogen-bond acceptors (Lipinski definition) is 5. The Morgan fingerprint density at radius 2 is 1.76 bits per heavy atom. The van der Waals surface area contributed by atoms with E-state index in [9.17, 15) is 9.18 Å². The van der Waals surface area contributed by atoms with E-state index in [-0.39, 0.29) is 11.7 Å². The van der Waals surface area contributed by atoms with Gasteiger partial charge in [-0.05, 0) is 44.4 Å². The molecule has 2 aliphatic rings. The van der Waals surface area contributed by atoms with Gasteiger partial charge in [0, 0.05) is 25.2 Å². The molecule has 0 bridgehead atoms. The highest BCUT2D eigenvalue weighted by Crippen LogP contribution is 2.44. The molecule has 2 fully saturated rings. The van der Waals surface area contributed by atoms with Gasteiger partial charge in [0.25, 0.3) is 0 Å². The average molecular weight is 457 g/mol.